The van der Waals surface area contributed by atoms with Gasteiger partial charge < -0.3 is 24.5 Å². The Morgan fingerprint density at radius 3 is 1.53 bits per heavy atom. The molecule has 0 heterocycles. The first-order valence-corrected chi connectivity index (χ1v) is 18.3. The Kier molecular flexibility index (Phi) is 16.3. The summed E-state index contributed by atoms with van der Waals surface area (Å²) in [5.41, 5.74) is 6.69. The van der Waals surface area contributed by atoms with Gasteiger partial charge in [0.25, 0.3) is 0 Å². The summed E-state index contributed by atoms with van der Waals surface area (Å²) in [6.07, 6.45) is 0. The van der Waals surface area contributed by atoms with Crippen molar-refractivity contribution in [1.29, 1.82) is 0 Å². The number of benzene rings is 2. The maximum absolute atomic E-state index is 6.94. The predicted octanol–water partition coefficient (Wildman–Crippen LogP) is 9.02. The minimum atomic E-state index is -1.64. The largest absolute Gasteiger partial charge is 0.358 e. The number of hydrogen-bond acceptors (Lipinski definition) is 1. The van der Waals surface area contributed by atoms with Gasteiger partial charge >= 0.3 is 38.7 Å². The van der Waals surface area contributed by atoms with Crippen molar-refractivity contribution in [3.63, 3.8) is 0 Å². The van der Waals surface area contributed by atoms with Crippen molar-refractivity contribution in [2.75, 3.05) is 6.61 Å². The van der Waals surface area contributed by atoms with Crippen molar-refractivity contribution in [3.05, 3.63) is 74.7 Å². The van der Waals surface area contributed by atoms with Gasteiger partial charge in [-0.25, -0.2) is 0 Å². The van der Waals surface area contributed by atoms with Crippen molar-refractivity contribution in [1.82, 2.24) is 0 Å². The molecule has 0 saturated carbocycles. The first-order chi connectivity index (χ1) is 13.2. The van der Waals surface area contributed by atoms with E-state index in [2.05, 4.69) is 86.0 Å². The first-order valence-electron chi connectivity index (χ1n) is 9.46. The molecule has 0 bridgehead atoms. The van der Waals surface area contributed by atoms with E-state index in [9.17, 15) is 0 Å². The molecule has 0 aromatic heterocycles. The van der Waals surface area contributed by atoms with Crippen LogP contribution in [0.15, 0.2) is 54.6 Å². The summed E-state index contributed by atoms with van der Waals surface area (Å²) in [6.45, 7) is 16.2. The smallest absolute Gasteiger partial charge is 0.0771 e. The molecular weight excluding hydrogens is 465 g/mol. The summed E-state index contributed by atoms with van der Waals surface area (Å²) < 4.78 is 5.26. The Bertz CT molecular complexity index is 806. The van der Waals surface area contributed by atoms with Crippen molar-refractivity contribution >= 4 is 53.3 Å². The van der Waals surface area contributed by atoms with E-state index in [-0.39, 0.29) is 13.0 Å². The summed E-state index contributed by atoms with van der Waals surface area (Å²) in [5, 5.41) is 5.39. The number of rotatable bonds is 2. The molecule has 0 amide bonds. The number of halogens is 2. The molecule has 0 unspecified atom stereocenters. The molecule has 3 aromatic carbocycles. The van der Waals surface area contributed by atoms with E-state index in [4.69, 9.17) is 28.8 Å². The van der Waals surface area contributed by atoms with Crippen molar-refractivity contribution in [3.8, 4) is 0 Å². The standard InChI is InChI=1S/C13H9.C5H13OSi.C4H10N.CH3.CH2.2ClH.Ti/c1-3-7-12-10(5-1)9-11-6-2-4-8-13(11)12;1-5-6-7(2,3)4;1-4(2,3)5;;;;;/h1-9H;1,5H2,2-4H3;5H,1-3H3;1H3;1H2;2*1H;/q4*-1;;;;+2/p-2. The third-order valence-electron chi connectivity index (χ3n) is 3.06. The molecule has 0 aliphatic carbocycles. The second-order valence-corrected chi connectivity index (χ2v) is 18.5. The van der Waals surface area contributed by atoms with Crippen LogP contribution in [-0.2, 0) is 19.7 Å². The topological polar surface area (TPSA) is 33.0 Å². The number of nitrogens with one attached hydrogen (secondary N) is 1. The molecule has 6 heteroatoms. The molecule has 30 heavy (non-hydrogen) atoms. The molecule has 0 spiro atoms. The minimum absolute atomic E-state index is 0. The third kappa shape index (κ3) is 17.3. The molecule has 0 fully saturated rings. The molecule has 0 aliphatic rings. The van der Waals surface area contributed by atoms with E-state index in [0.29, 0.717) is 6.61 Å². The van der Waals surface area contributed by atoms with Crippen LogP contribution in [0.1, 0.15) is 20.8 Å². The summed E-state index contributed by atoms with van der Waals surface area (Å²) in [7, 11) is 8.97. The van der Waals surface area contributed by atoms with Crippen LogP contribution in [0.2, 0.25) is 19.6 Å². The van der Waals surface area contributed by atoms with E-state index >= 15 is 0 Å². The molecule has 0 aliphatic heterocycles. The van der Waals surface area contributed by atoms with Crippen LogP contribution in [-0.4, -0.2) is 25.3 Å². The van der Waals surface area contributed by atoms with Gasteiger partial charge in [-0.1, -0.05) is 63.8 Å². The third-order valence-corrected chi connectivity index (χ3v) is 4.13. The zero-order valence-electron chi connectivity index (χ0n) is 19.5. The van der Waals surface area contributed by atoms with Crippen LogP contribution >= 0.6 is 18.6 Å². The summed E-state index contributed by atoms with van der Waals surface area (Å²) in [6, 6.07) is 19.3. The van der Waals surface area contributed by atoms with E-state index in [1.807, 2.05) is 20.8 Å². The molecule has 0 atom stereocenters. The molecule has 170 valence electrons. The molecule has 0 saturated heterocycles. The fourth-order valence-corrected chi connectivity index (χ4v) is 2.82. The molecule has 0 radical (unpaired) electrons. The molecule has 2 nitrogen and oxygen atoms in total. The van der Waals surface area contributed by atoms with Gasteiger partial charge in [0.05, 0.1) is 0 Å². The van der Waals surface area contributed by atoms with Crippen molar-refractivity contribution < 1.29 is 19.7 Å². The molecular formula is C24H37Cl2NOSiTi-4. The summed E-state index contributed by atoms with van der Waals surface area (Å²) >= 11 is -1.64. The van der Waals surface area contributed by atoms with Gasteiger partial charge in [-0.05, 0) is 19.6 Å². The normalized spacial score (nSPS) is 10.5. The Hall–Kier alpha value is -0.389. The van der Waals surface area contributed by atoms with E-state index in [1.165, 1.54) is 21.5 Å². The molecule has 3 aromatic rings. The average molecular weight is 502 g/mol. The van der Waals surface area contributed by atoms with E-state index in [1.54, 1.807) is 0 Å². The minimum Gasteiger partial charge on any atom is -0.358 e. The van der Waals surface area contributed by atoms with E-state index < -0.39 is 23.6 Å². The van der Waals surface area contributed by atoms with Gasteiger partial charge in [-0.3, -0.25) is 0 Å². The van der Waals surface area contributed by atoms with Crippen LogP contribution in [0, 0.1) is 14.4 Å². The Labute approximate surface area is 199 Å². The Morgan fingerprint density at radius 2 is 1.30 bits per heavy atom. The van der Waals surface area contributed by atoms with Crippen LogP contribution < -0.4 is 0 Å². The van der Waals surface area contributed by atoms with Crippen LogP contribution in [0.25, 0.3) is 27.3 Å². The SMILES string of the molecule is CC(C)(C)[NH-].[CH2-]CO[Si](C)(C)C.[CH2]=[Ti]([Cl])[Cl].[CH3-].c1ccc2c(c1)[cH-]c1ccccc12. The van der Waals surface area contributed by atoms with Crippen molar-refractivity contribution in [2.24, 2.45) is 0 Å². The zero-order chi connectivity index (χ0) is 22.7. The fourth-order valence-electron chi connectivity index (χ4n) is 2.21. The maximum atomic E-state index is 6.94. The predicted molar refractivity (Wildman–Crippen MR) is 141 cm³/mol. The van der Waals surface area contributed by atoms with Gasteiger partial charge in [-0.2, -0.15) is 0 Å². The second kappa shape index (κ2) is 15.4. The summed E-state index contributed by atoms with van der Waals surface area (Å²) in [5.74, 6) is 0. The Balaban J connectivity index is 0. The van der Waals surface area contributed by atoms with Gasteiger partial charge in [0.2, 0.25) is 0 Å². The zero-order valence-corrected chi connectivity index (χ0v) is 23.6. The monoisotopic (exact) mass is 501 g/mol. The van der Waals surface area contributed by atoms with Gasteiger partial charge in [0, 0.05) is 0 Å². The first kappa shape index (κ1) is 31.8. The van der Waals surface area contributed by atoms with Gasteiger partial charge in [0.1, 0.15) is 0 Å². The fraction of sp³-hybridized carbons (Fsp3) is 0.333. The van der Waals surface area contributed by atoms with Crippen molar-refractivity contribution in [2.45, 2.75) is 46.0 Å². The summed E-state index contributed by atoms with van der Waals surface area (Å²) in [4.78, 5) is 3.34. The number of hydrogen-bond donors (Lipinski definition) is 0. The quantitative estimate of drug-likeness (QED) is 0.254. The van der Waals surface area contributed by atoms with Crippen LogP contribution in [0.3, 0.4) is 0 Å². The molecule has 1 N–H and O–H groups in total. The van der Waals surface area contributed by atoms with Gasteiger partial charge in [0.15, 0.2) is 8.32 Å². The number of fused-ring (bicyclic) bond motifs is 3. The molecule has 3 rings (SSSR count). The van der Waals surface area contributed by atoms with E-state index in [0.717, 1.165) is 0 Å². The average Bonchev–Trinajstić information content (AvgIpc) is 2.91. The maximum Gasteiger partial charge on any atom is -0.0771 e. The van der Waals surface area contributed by atoms with Gasteiger partial charge in [-0.15, -0.1) is 45.3 Å². The second-order valence-electron chi connectivity index (χ2n) is 8.37. The Morgan fingerprint density at radius 1 is 1.00 bits per heavy atom. The van der Waals surface area contributed by atoms with Crippen LogP contribution in [0.5, 0.6) is 0 Å². The van der Waals surface area contributed by atoms with Crippen LogP contribution in [0.4, 0.5) is 0 Å².